The highest BCUT2D eigenvalue weighted by Gasteiger charge is 2.30. The molecule has 0 heterocycles. The van der Waals surface area contributed by atoms with E-state index in [0.717, 1.165) is 23.7 Å². The Hall–Kier alpha value is 0. The van der Waals surface area contributed by atoms with E-state index in [9.17, 15) is 0 Å². The molecule has 0 aromatic carbocycles. The molecule has 16 heavy (non-hydrogen) atoms. The van der Waals surface area contributed by atoms with Gasteiger partial charge in [-0.05, 0) is 49.4 Å². The minimum Gasteiger partial charge on any atom is -0.0654 e. The van der Waals surface area contributed by atoms with Crippen LogP contribution in [0.1, 0.15) is 79.1 Å². The Bertz CT molecular complexity index is 149. The molecule has 1 aliphatic rings. The molecule has 0 aliphatic heterocycles. The lowest BCUT2D eigenvalue weighted by molar-refractivity contribution is 0.133. The van der Waals surface area contributed by atoms with Crippen LogP contribution in [-0.2, 0) is 0 Å². The molecule has 1 saturated carbocycles. The van der Waals surface area contributed by atoms with Gasteiger partial charge in [0, 0.05) is 0 Å². The molecule has 1 fully saturated rings. The Kier molecular flexibility index (Phi) is 6.46. The largest absolute Gasteiger partial charge is 0.0654 e. The zero-order chi connectivity index (χ0) is 12.0. The quantitative estimate of drug-likeness (QED) is 0.498. The van der Waals surface area contributed by atoms with Crippen LogP contribution in [0.2, 0.25) is 0 Å². The van der Waals surface area contributed by atoms with E-state index < -0.39 is 0 Å². The van der Waals surface area contributed by atoms with Crippen LogP contribution in [0.4, 0.5) is 0 Å². The van der Waals surface area contributed by atoms with E-state index in [1.165, 1.54) is 38.5 Å². The molecule has 0 aromatic rings. The molecule has 0 spiro atoms. The van der Waals surface area contributed by atoms with E-state index in [4.69, 9.17) is 0 Å². The molecule has 0 nitrogen and oxygen atoms in total. The van der Waals surface area contributed by atoms with Crippen LogP contribution in [0, 0.1) is 23.7 Å². The van der Waals surface area contributed by atoms with Crippen molar-refractivity contribution in [3.63, 3.8) is 0 Å². The third-order valence-corrected chi connectivity index (χ3v) is 4.37. The van der Waals surface area contributed by atoms with Crippen molar-refractivity contribution in [2.45, 2.75) is 79.1 Å². The molecule has 0 N–H and O–H groups in total. The Morgan fingerprint density at radius 2 is 1.19 bits per heavy atom. The molecule has 1 rings (SSSR count). The highest BCUT2D eigenvalue weighted by Crippen LogP contribution is 2.42. The maximum atomic E-state index is 2.44. The summed E-state index contributed by atoms with van der Waals surface area (Å²) in [6.45, 7) is 9.51. The summed E-state index contributed by atoms with van der Waals surface area (Å²) in [5.74, 6) is 4.12. The maximum absolute atomic E-state index is 2.44. The fourth-order valence-electron chi connectivity index (χ4n) is 3.62. The van der Waals surface area contributed by atoms with Gasteiger partial charge in [-0.1, -0.05) is 53.4 Å². The second-order valence-corrected chi connectivity index (χ2v) is 6.46. The Balaban J connectivity index is 2.04. The Labute approximate surface area is 103 Å². The molecule has 0 aromatic heterocycles. The van der Waals surface area contributed by atoms with Crippen molar-refractivity contribution in [2.24, 2.45) is 23.7 Å². The van der Waals surface area contributed by atoms with Crippen LogP contribution in [0.3, 0.4) is 0 Å². The lowest BCUT2D eigenvalue weighted by atomic mass is 9.68. The van der Waals surface area contributed by atoms with Crippen LogP contribution in [-0.4, -0.2) is 0 Å². The molecular weight excluding hydrogens is 192 g/mol. The van der Waals surface area contributed by atoms with Crippen molar-refractivity contribution in [1.29, 1.82) is 0 Å². The van der Waals surface area contributed by atoms with E-state index in [2.05, 4.69) is 27.7 Å². The van der Waals surface area contributed by atoms with Crippen LogP contribution in [0.15, 0.2) is 0 Å². The van der Waals surface area contributed by atoms with Gasteiger partial charge >= 0.3 is 0 Å². The number of hydrogen-bond acceptors (Lipinski definition) is 0. The molecule has 1 aliphatic carbocycles. The molecule has 0 radical (unpaired) electrons. The molecule has 2 unspecified atom stereocenters. The summed E-state index contributed by atoms with van der Waals surface area (Å²) < 4.78 is 0. The van der Waals surface area contributed by atoms with Crippen LogP contribution < -0.4 is 0 Å². The van der Waals surface area contributed by atoms with Crippen LogP contribution >= 0.6 is 0 Å². The van der Waals surface area contributed by atoms with E-state index in [-0.39, 0.29) is 0 Å². The van der Waals surface area contributed by atoms with Gasteiger partial charge in [0.15, 0.2) is 0 Å². The first-order chi connectivity index (χ1) is 7.65. The molecule has 0 heteroatoms. The van der Waals surface area contributed by atoms with E-state index in [1.54, 1.807) is 12.8 Å². The Morgan fingerprint density at radius 1 is 0.812 bits per heavy atom. The summed E-state index contributed by atoms with van der Waals surface area (Å²) in [6, 6.07) is 0. The van der Waals surface area contributed by atoms with Crippen molar-refractivity contribution in [2.75, 3.05) is 0 Å². The van der Waals surface area contributed by atoms with Gasteiger partial charge in [-0.3, -0.25) is 0 Å². The van der Waals surface area contributed by atoms with E-state index >= 15 is 0 Å². The molecule has 96 valence electrons. The predicted molar refractivity (Wildman–Crippen MR) is 73.6 cm³/mol. The second kappa shape index (κ2) is 7.35. The van der Waals surface area contributed by atoms with Crippen molar-refractivity contribution in [1.82, 2.24) is 0 Å². The summed E-state index contributed by atoms with van der Waals surface area (Å²) in [4.78, 5) is 0. The van der Waals surface area contributed by atoms with Crippen molar-refractivity contribution in [3.8, 4) is 0 Å². The van der Waals surface area contributed by atoms with Crippen LogP contribution in [0.25, 0.3) is 0 Å². The van der Waals surface area contributed by atoms with Gasteiger partial charge in [-0.15, -0.1) is 0 Å². The lowest BCUT2D eigenvalue weighted by Crippen LogP contribution is -2.26. The van der Waals surface area contributed by atoms with Gasteiger partial charge in [-0.25, -0.2) is 0 Å². The van der Waals surface area contributed by atoms with Gasteiger partial charge in [0.05, 0.1) is 0 Å². The fourth-order valence-corrected chi connectivity index (χ4v) is 3.62. The first-order valence-electron chi connectivity index (χ1n) is 7.65. The molecule has 0 bridgehead atoms. The minimum atomic E-state index is 0.976. The average Bonchev–Trinajstić information content (AvgIpc) is 2.15. The van der Waals surface area contributed by atoms with Gasteiger partial charge < -0.3 is 0 Å². The average molecular weight is 224 g/mol. The van der Waals surface area contributed by atoms with Crippen molar-refractivity contribution >= 4 is 0 Å². The molecule has 0 saturated heterocycles. The summed E-state index contributed by atoms with van der Waals surface area (Å²) in [7, 11) is 0. The minimum absolute atomic E-state index is 0.976. The highest BCUT2D eigenvalue weighted by molar-refractivity contribution is 4.81. The Morgan fingerprint density at radius 3 is 1.50 bits per heavy atom. The number of hydrogen-bond donors (Lipinski definition) is 0. The maximum Gasteiger partial charge on any atom is -0.0406 e. The zero-order valence-electron chi connectivity index (χ0n) is 12.0. The summed E-state index contributed by atoms with van der Waals surface area (Å²) in [6.07, 6.45) is 11.7. The van der Waals surface area contributed by atoms with E-state index in [0.29, 0.717) is 0 Å². The molecule has 2 atom stereocenters. The summed E-state index contributed by atoms with van der Waals surface area (Å²) >= 11 is 0. The van der Waals surface area contributed by atoms with Crippen molar-refractivity contribution in [3.05, 3.63) is 0 Å². The van der Waals surface area contributed by atoms with Crippen molar-refractivity contribution < 1.29 is 0 Å². The number of rotatable bonds is 8. The van der Waals surface area contributed by atoms with E-state index in [1.807, 2.05) is 0 Å². The molecular formula is C16H32. The summed E-state index contributed by atoms with van der Waals surface area (Å²) in [5.41, 5.74) is 0. The van der Waals surface area contributed by atoms with Gasteiger partial charge in [0.2, 0.25) is 0 Å². The standard InChI is InChI=1S/C16H32/c1-5-7-13(3)9-15-11-16(12-15)10-14(4)8-6-2/h13-16H,5-12H2,1-4H3. The highest BCUT2D eigenvalue weighted by atomic mass is 14.4. The van der Waals surface area contributed by atoms with Gasteiger partial charge in [0.25, 0.3) is 0 Å². The lowest BCUT2D eigenvalue weighted by Gasteiger charge is -2.38. The predicted octanol–water partition coefficient (Wildman–Crippen LogP) is 5.67. The monoisotopic (exact) mass is 224 g/mol. The third kappa shape index (κ3) is 4.89. The zero-order valence-corrected chi connectivity index (χ0v) is 12.0. The fraction of sp³-hybridized carbons (Fsp3) is 1.00. The second-order valence-electron chi connectivity index (χ2n) is 6.46. The topological polar surface area (TPSA) is 0 Å². The van der Waals surface area contributed by atoms with Gasteiger partial charge in [0.1, 0.15) is 0 Å². The van der Waals surface area contributed by atoms with Gasteiger partial charge in [-0.2, -0.15) is 0 Å². The SMILES string of the molecule is CCCC(C)CC1CC(CC(C)CCC)C1. The molecule has 0 amide bonds. The normalized spacial score (nSPS) is 28.5. The smallest absolute Gasteiger partial charge is 0.0406 e. The summed E-state index contributed by atoms with van der Waals surface area (Å²) in [5, 5.41) is 0. The van der Waals surface area contributed by atoms with Crippen LogP contribution in [0.5, 0.6) is 0 Å². The third-order valence-electron chi connectivity index (χ3n) is 4.37. The first kappa shape index (κ1) is 14.1. The first-order valence-corrected chi connectivity index (χ1v) is 7.65.